The number of hydrogen-bond donors (Lipinski definition) is 1. The van der Waals surface area contributed by atoms with Crippen LogP contribution in [0.3, 0.4) is 0 Å². The summed E-state index contributed by atoms with van der Waals surface area (Å²) in [6, 6.07) is 15.4. The summed E-state index contributed by atoms with van der Waals surface area (Å²) in [5.41, 5.74) is 1.61. The number of nitrogens with one attached hydrogen (secondary N) is 1. The Morgan fingerprint density at radius 2 is 1.61 bits per heavy atom. The molecule has 0 bridgehead atoms. The summed E-state index contributed by atoms with van der Waals surface area (Å²) < 4.78 is 13.0. The molecule has 2 aromatic carbocycles. The van der Waals surface area contributed by atoms with Gasteiger partial charge in [-0.3, -0.25) is 9.69 Å². The number of rotatable bonds is 4. The second-order valence-electron chi connectivity index (χ2n) is 5.91. The molecule has 0 saturated carbocycles. The van der Waals surface area contributed by atoms with Gasteiger partial charge in [0, 0.05) is 5.69 Å². The highest BCUT2D eigenvalue weighted by atomic mass is 19.1. The largest absolute Gasteiger partial charge is 0.324 e. The fraction of sp³-hybridized carbons (Fsp3) is 0.316. The van der Waals surface area contributed by atoms with Gasteiger partial charge >= 0.3 is 0 Å². The van der Waals surface area contributed by atoms with E-state index in [4.69, 9.17) is 0 Å². The van der Waals surface area contributed by atoms with Gasteiger partial charge in [0.25, 0.3) is 0 Å². The fourth-order valence-electron chi connectivity index (χ4n) is 3.08. The molecule has 1 aliphatic rings. The van der Waals surface area contributed by atoms with E-state index in [0.29, 0.717) is 5.69 Å². The molecule has 3 nitrogen and oxygen atoms in total. The molecule has 1 aliphatic heterocycles. The molecular weight excluding hydrogens is 291 g/mol. The van der Waals surface area contributed by atoms with Crippen LogP contribution in [0.15, 0.2) is 54.6 Å². The molecule has 4 heteroatoms. The van der Waals surface area contributed by atoms with E-state index in [1.54, 1.807) is 12.1 Å². The smallest absolute Gasteiger partial charge is 0.246 e. The van der Waals surface area contributed by atoms with Crippen molar-refractivity contribution >= 4 is 11.6 Å². The third-order valence-corrected chi connectivity index (χ3v) is 4.23. The minimum atomic E-state index is -0.307. The van der Waals surface area contributed by atoms with Crippen molar-refractivity contribution in [1.82, 2.24) is 4.90 Å². The van der Waals surface area contributed by atoms with E-state index in [1.165, 1.54) is 18.6 Å². The first-order valence-corrected chi connectivity index (χ1v) is 8.09. The molecule has 0 radical (unpaired) electrons. The van der Waals surface area contributed by atoms with E-state index in [0.717, 1.165) is 31.5 Å². The summed E-state index contributed by atoms with van der Waals surface area (Å²) in [5, 5.41) is 2.92. The first-order chi connectivity index (χ1) is 11.2. The average molecular weight is 312 g/mol. The molecule has 0 aliphatic carbocycles. The summed E-state index contributed by atoms with van der Waals surface area (Å²) >= 11 is 0. The van der Waals surface area contributed by atoms with Gasteiger partial charge in [-0.2, -0.15) is 0 Å². The van der Waals surface area contributed by atoms with E-state index < -0.39 is 0 Å². The Labute approximate surface area is 136 Å². The Morgan fingerprint density at radius 3 is 2.26 bits per heavy atom. The van der Waals surface area contributed by atoms with Gasteiger partial charge in [0.15, 0.2) is 0 Å². The summed E-state index contributed by atoms with van der Waals surface area (Å²) in [7, 11) is 0. The molecule has 3 rings (SSSR count). The molecule has 2 aromatic rings. The van der Waals surface area contributed by atoms with Gasteiger partial charge in [-0.05, 0) is 55.8 Å². The average Bonchev–Trinajstić information content (AvgIpc) is 2.59. The van der Waals surface area contributed by atoms with Crippen LogP contribution in [0.5, 0.6) is 0 Å². The zero-order chi connectivity index (χ0) is 16.1. The standard InChI is InChI=1S/C19H21FN2O/c20-16-9-11-17(12-10-16)21-19(23)18(15-7-3-1-4-8-15)22-13-5-2-6-14-22/h1,3-4,7-12,18H,2,5-6,13-14H2,(H,21,23). The van der Waals surface area contributed by atoms with Crippen molar-refractivity contribution in [3.05, 3.63) is 66.0 Å². The monoisotopic (exact) mass is 312 g/mol. The van der Waals surface area contributed by atoms with Crippen LogP contribution in [0.2, 0.25) is 0 Å². The van der Waals surface area contributed by atoms with E-state index in [-0.39, 0.29) is 17.8 Å². The van der Waals surface area contributed by atoms with E-state index in [2.05, 4.69) is 10.2 Å². The van der Waals surface area contributed by atoms with Gasteiger partial charge in [-0.15, -0.1) is 0 Å². The summed E-state index contributed by atoms with van der Waals surface area (Å²) in [5.74, 6) is -0.372. The van der Waals surface area contributed by atoms with Gasteiger partial charge in [0.2, 0.25) is 5.91 Å². The van der Waals surface area contributed by atoms with Crippen LogP contribution in [-0.4, -0.2) is 23.9 Å². The molecule has 1 N–H and O–H groups in total. The number of anilines is 1. The third kappa shape index (κ3) is 3.96. The Bertz CT molecular complexity index is 636. The topological polar surface area (TPSA) is 32.3 Å². The van der Waals surface area contributed by atoms with Crippen molar-refractivity contribution in [2.45, 2.75) is 25.3 Å². The highest BCUT2D eigenvalue weighted by Gasteiger charge is 2.28. The number of carbonyl (C=O) groups is 1. The van der Waals surface area contributed by atoms with Crippen molar-refractivity contribution in [1.29, 1.82) is 0 Å². The van der Waals surface area contributed by atoms with Crippen LogP contribution in [0.25, 0.3) is 0 Å². The van der Waals surface area contributed by atoms with Gasteiger partial charge in [-0.1, -0.05) is 36.8 Å². The fourth-order valence-corrected chi connectivity index (χ4v) is 3.08. The number of amides is 1. The van der Waals surface area contributed by atoms with Gasteiger partial charge in [0.05, 0.1) is 0 Å². The van der Waals surface area contributed by atoms with Crippen molar-refractivity contribution in [2.75, 3.05) is 18.4 Å². The van der Waals surface area contributed by atoms with Crippen LogP contribution < -0.4 is 5.32 Å². The van der Waals surface area contributed by atoms with Crippen molar-refractivity contribution in [3.8, 4) is 0 Å². The number of benzene rings is 2. The lowest BCUT2D eigenvalue weighted by atomic mass is 10.0. The first kappa shape index (κ1) is 15.7. The second kappa shape index (κ2) is 7.38. The maximum atomic E-state index is 13.0. The Kier molecular flexibility index (Phi) is 5.03. The predicted octanol–water partition coefficient (Wildman–Crippen LogP) is 3.99. The molecule has 0 spiro atoms. The first-order valence-electron chi connectivity index (χ1n) is 8.09. The third-order valence-electron chi connectivity index (χ3n) is 4.23. The Hall–Kier alpha value is -2.20. The molecule has 0 aromatic heterocycles. The van der Waals surface area contributed by atoms with Gasteiger partial charge < -0.3 is 5.32 Å². The number of halogens is 1. The lowest BCUT2D eigenvalue weighted by Gasteiger charge is -2.33. The second-order valence-corrected chi connectivity index (χ2v) is 5.91. The van der Waals surface area contributed by atoms with Gasteiger partial charge in [-0.25, -0.2) is 4.39 Å². The van der Waals surface area contributed by atoms with E-state index in [1.807, 2.05) is 30.3 Å². The van der Waals surface area contributed by atoms with Crippen LogP contribution in [0.1, 0.15) is 30.9 Å². The summed E-state index contributed by atoms with van der Waals surface area (Å²) in [6.45, 7) is 1.85. The Balaban J connectivity index is 1.82. The van der Waals surface area contributed by atoms with Crippen LogP contribution in [0, 0.1) is 5.82 Å². The van der Waals surface area contributed by atoms with Crippen LogP contribution >= 0.6 is 0 Å². The van der Waals surface area contributed by atoms with Crippen LogP contribution in [0.4, 0.5) is 10.1 Å². The number of piperidine rings is 1. The maximum absolute atomic E-state index is 13.0. The van der Waals surface area contributed by atoms with Crippen molar-refractivity contribution < 1.29 is 9.18 Å². The van der Waals surface area contributed by atoms with Crippen molar-refractivity contribution in [2.24, 2.45) is 0 Å². The molecule has 23 heavy (non-hydrogen) atoms. The molecule has 1 atom stereocenters. The number of hydrogen-bond acceptors (Lipinski definition) is 2. The minimum Gasteiger partial charge on any atom is -0.324 e. The summed E-state index contributed by atoms with van der Waals surface area (Å²) in [6.07, 6.45) is 3.46. The van der Waals surface area contributed by atoms with Gasteiger partial charge in [0.1, 0.15) is 11.9 Å². The Morgan fingerprint density at radius 1 is 0.957 bits per heavy atom. The maximum Gasteiger partial charge on any atom is 0.246 e. The van der Waals surface area contributed by atoms with Crippen LogP contribution in [-0.2, 0) is 4.79 Å². The lowest BCUT2D eigenvalue weighted by molar-refractivity contribution is -0.122. The number of nitrogens with zero attached hydrogens (tertiary/aromatic N) is 1. The molecule has 1 amide bonds. The number of carbonyl (C=O) groups excluding carboxylic acids is 1. The number of likely N-dealkylation sites (tertiary alicyclic amines) is 1. The van der Waals surface area contributed by atoms with E-state index >= 15 is 0 Å². The highest BCUT2D eigenvalue weighted by Crippen LogP contribution is 2.26. The normalized spacial score (nSPS) is 16.7. The quantitative estimate of drug-likeness (QED) is 0.926. The zero-order valence-corrected chi connectivity index (χ0v) is 13.0. The summed E-state index contributed by atoms with van der Waals surface area (Å²) in [4.78, 5) is 15.1. The molecular formula is C19H21FN2O. The zero-order valence-electron chi connectivity index (χ0n) is 13.0. The molecule has 1 unspecified atom stereocenters. The minimum absolute atomic E-state index is 0.0651. The highest BCUT2D eigenvalue weighted by molar-refractivity contribution is 5.95. The lowest BCUT2D eigenvalue weighted by Crippen LogP contribution is -2.40. The molecule has 1 heterocycles. The van der Waals surface area contributed by atoms with E-state index in [9.17, 15) is 9.18 Å². The molecule has 1 saturated heterocycles. The molecule has 1 fully saturated rings. The SMILES string of the molecule is O=C(Nc1ccc(F)cc1)C(c1ccccc1)N1CCCCC1. The predicted molar refractivity (Wildman–Crippen MR) is 89.6 cm³/mol. The molecule has 120 valence electrons. The van der Waals surface area contributed by atoms with Crippen molar-refractivity contribution in [3.63, 3.8) is 0 Å².